The zero-order chi connectivity index (χ0) is 13.9. The summed E-state index contributed by atoms with van der Waals surface area (Å²) >= 11 is 0. The van der Waals surface area contributed by atoms with Crippen LogP contribution in [0.1, 0.15) is 11.3 Å². The highest BCUT2D eigenvalue weighted by atomic mass is 19.4. The molecule has 1 aromatic heterocycles. The Bertz CT molecular complexity index is 510. The van der Waals surface area contributed by atoms with Crippen molar-refractivity contribution in [2.45, 2.75) is 19.3 Å². The quantitative estimate of drug-likeness (QED) is 0.729. The molecule has 0 aliphatic heterocycles. The number of aromatic nitrogens is 1. The van der Waals surface area contributed by atoms with E-state index in [1.54, 1.807) is 0 Å². The van der Waals surface area contributed by atoms with Crippen LogP contribution in [-0.2, 0) is 17.8 Å². The van der Waals surface area contributed by atoms with Gasteiger partial charge in [-0.15, -0.1) is 13.2 Å². The molecule has 0 bridgehead atoms. The number of aromatic amines is 1. The first-order chi connectivity index (χ1) is 8.23. The number of alkyl halides is 3. The van der Waals surface area contributed by atoms with E-state index in [0.717, 1.165) is 6.07 Å². The molecule has 0 aromatic carbocycles. The highest BCUT2D eigenvalue weighted by molar-refractivity contribution is 5.71. The van der Waals surface area contributed by atoms with Crippen LogP contribution >= 0.6 is 0 Å². The Morgan fingerprint density at radius 3 is 2.56 bits per heavy atom. The SMILES string of the molecule is NCc1cc(CC(=O)O)c(OC(F)(F)F)c(=O)[nH]1. The third-order valence-electron chi connectivity index (χ3n) is 1.90. The number of carbonyl (C=O) groups is 1. The Hall–Kier alpha value is -2.03. The molecule has 100 valence electrons. The number of H-pyrrole nitrogens is 1. The Labute approximate surface area is 98.2 Å². The van der Waals surface area contributed by atoms with Crippen LogP contribution in [0.4, 0.5) is 13.2 Å². The van der Waals surface area contributed by atoms with E-state index >= 15 is 0 Å². The summed E-state index contributed by atoms with van der Waals surface area (Å²) in [5.74, 6) is -2.47. The summed E-state index contributed by atoms with van der Waals surface area (Å²) in [6.45, 7) is -0.145. The van der Waals surface area contributed by atoms with Crippen molar-refractivity contribution in [1.29, 1.82) is 0 Å². The molecule has 1 rings (SSSR count). The molecule has 9 heteroatoms. The fourth-order valence-corrected chi connectivity index (χ4v) is 1.29. The van der Waals surface area contributed by atoms with Gasteiger partial charge in [0.05, 0.1) is 6.42 Å². The fourth-order valence-electron chi connectivity index (χ4n) is 1.29. The molecular formula is C9H9F3N2O4. The molecule has 18 heavy (non-hydrogen) atoms. The molecule has 0 fully saturated rings. The van der Waals surface area contributed by atoms with Crippen molar-refractivity contribution in [3.63, 3.8) is 0 Å². The average molecular weight is 266 g/mol. The first-order valence-corrected chi connectivity index (χ1v) is 4.65. The van der Waals surface area contributed by atoms with E-state index in [1.165, 1.54) is 0 Å². The molecule has 6 nitrogen and oxygen atoms in total. The van der Waals surface area contributed by atoms with Gasteiger partial charge in [-0.05, 0) is 6.07 Å². The Kier molecular flexibility index (Phi) is 3.96. The number of rotatable bonds is 4. The minimum atomic E-state index is -5.08. The summed E-state index contributed by atoms with van der Waals surface area (Å²) in [6.07, 6.45) is -5.85. The van der Waals surface area contributed by atoms with Gasteiger partial charge in [0.1, 0.15) is 0 Å². The lowest BCUT2D eigenvalue weighted by Gasteiger charge is -2.12. The van der Waals surface area contributed by atoms with Gasteiger partial charge in [-0.25, -0.2) is 0 Å². The number of halogens is 3. The molecule has 0 unspecified atom stereocenters. The molecule has 1 aromatic rings. The van der Waals surface area contributed by atoms with Crippen molar-refractivity contribution < 1.29 is 27.8 Å². The van der Waals surface area contributed by atoms with Gasteiger partial charge in [0.15, 0.2) is 5.75 Å². The first kappa shape index (κ1) is 14.0. The first-order valence-electron chi connectivity index (χ1n) is 4.65. The molecule has 0 aliphatic rings. The maximum atomic E-state index is 12.1. The minimum Gasteiger partial charge on any atom is -0.481 e. The third kappa shape index (κ3) is 3.77. The van der Waals surface area contributed by atoms with Gasteiger partial charge in [-0.2, -0.15) is 0 Å². The predicted molar refractivity (Wildman–Crippen MR) is 53.0 cm³/mol. The van der Waals surface area contributed by atoms with Crippen LogP contribution in [-0.4, -0.2) is 22.4 Å². The number of ether oxygens (including phenoxy) is 1. The van der Waals surface area contributed by atoms with Crippen molar-refractivity contribution in [3.8, 4) is 5.75 Å². The van der Waals surface area contributed by atoms with E-state index < -0.39 is 30.1 Å². The minimum absolute atomic E-state index is 0.116. The van der Waals surface area contributed by atoms with Crippen molar-refractivity contribution in [2.75, 3.05) is 0 Å². The summed E-state index contributed by atoms with van der Waals surface area (Å²) in [6, 6.07) is 1.05. The van der Waals surface area contributed by atoms with Crippen molar-refractivity contribution in [3.05, 3.63) is 27.7 Å². The maximum Gasteiger partial charge on any atom is 0.573 e. The van der Waals surface area contributed by atoms with Crippen molar-refractivity contribution in [1.82, 2.24) is 4.98 Å². The maximum absolute atomic E-state index is 12.1. The highest BCUT2D eigenvalue weighted by Crippen LogP contribution is 2.23. The lowest BCUT2D eigenvalue weighted by Crippen LogP contribution is -2.26. The number of hydrogen-bond acceptors (Lipinski definition) is 4. The average Bonchev–Trinajstić information content (AvgIpc) is 2.20. The van der Waals surface area contributed by atoms with Gasteiger partial charge >= 0.3 is 12.3 Å². The molecule has 4 N–H and O–H groups in total. The number of aliphatic carboxylic acids is 1. The smallest absolute Gasteiger partial charge is 0.481 e. The van der Waals surface area contributed by atoms with Gasteiger partial charge in [0, 0.05) is 17.8 Å². The zero-order valence-electron chi connectivity index (χ0n) is 8.87. The molecule has 0 spiro atoms. The number of carboxylic acid groups (broad SMARTS) is 1. The molecule has 0 amide bonds. The second kappa shape index (κ2) is 5.08. The van der Waals surface area contributed by atoms with Gasteiger partial charge in [-0.3, -0.25) is 9.59 Å². The summed E-state index contributed by atoms with van der Waals surface area (Å²) < 4.78 is 39.7. The normalized spacial score (nSPS) is 11.3. The Morgan fingerprint density at radius 2 is 2.11 bits per heavy atom. The van der Waals surface area contributed by atoms with Crippen LogP contribution in [0.2, 0.25) is 0 Å². The standard InChI is InChI=1S/C9H9F3N2O4/c10-9(11,12)18-7-4(2-6(15)16)1-5(3-13)14-8(7)17/h1H,2-3,13H2,(H,14,17)(H,15,16). The van der Waals surface area contributed by atoms with Crippen molar-refractivity contribution in [2.24, 2.45) is 5.73 Å². The van der Waals surface area contributed by atoms with Crippen LogP contribution in [0.25, 0.3) is 0 Å². The Balaban J connectivity index is 3.28. The van der Waals surface area contributed by atoms with E-state index in [0.29, 0.717) is 0 Å². The monoisotopic (exact) mass is 266 g/mol. The van der Waals surface area contributed by atoms with Crippen LogP contribution in [0.3, 0.4) is 0 Å². The number of nitrogens with two attached hydrogens (primary N) is 1. The van der Waals surface area contributed by atoms with Gasteiger partial charge < -0.3 is 20.6 Å². The molecule has 1 heterocycles. The van der Waals surface area contributed by atoms with Gasteiger partial charge in [0.2, 0.25) is 0 Å². The molecule has 0 atom stereocenters. The number of hydrogen-bond donors (Lipinski definition) is 3. The van der Waals surface area contributed by atoms with E-state index in [9.17, 15) is 22.8 Å². The topological polar surface area (TPSA) is 105 Å². The van der Waals surface area contributed by atoms with Crippen LogP contribution < -0.4 is 16.0 Å². The summed E-state index contributed by atoms with van der Waals surface area (Å²) in [5.41, 5.74) is 3.77. The van der Waals surface area contributed by atoms with Crippen molar-refractivity contribution >= 4 is 5.97 Å². The van der Waals surface area contributed by atoms with Gasteiger partial charge in [0.25, 0.3) is 5.56 Å². The zero-order valence-corrected chi connectivity index (χ0v) is 8.87. The van der Waals surface area contributed by atoms with E-state index in [-0.39, 0.29) is 17.8 Å². The molecular weight excluding hydrogens is 257 g/mol. The lowest BCUT2D eigenvalue weighted by molar-refractivity contribution is -0.275. The van der Waals surface area contributed by atoms with Crippen LogP contribution in [0.5, 0.6) is 5.75 Å². The lowest BCUT2D eigenvalue weighted by atomic mass is 10.1. The van der Waals surface area contributed by atoms with E-state index in [1.807, 2.05) is 0 Å². The van der Waals surface area contributed by atoms with Crippen LogP contribution in [0.15, 0.2) is 10.9 Å². The summed E-state index contributed by atoms with van der Waals surface area (Å²) in [7, 11) is 0. The predicted octanol–water partition coefficient (Wildman–Crippen LogP) is 0.359. The second-order valence-electron chi connectivity index (χ2n) is 3.30. The van der Waals surface area contributed by atoms with Crippen LogP contribution in [0, 0.1) is 0 Å². The molecule has 0 radical (unpaired) electrons. The number of nitrogens with one attached hydrogen (secondary N) is 1. The fraction of sp³-hybridized carbons (Fsp3) is 0.333. The van der Waals surface area contributed by atoms with E-state index in [2.05, 4.69) is 9.72 Å². The highest BCUT2D eigenvalue weighted by Gasteiger charge is 2.33. The third-order valence-corrected chi connectivity index (χ3v) is 1.90. The molecule has 0 saturated heterocycles. The largest absolute Gasteiger partial charge is 0.573 e. The summed E-state index contributed by atoms with van der Waals surface area (Å²) in [4.78, 5) is 23.9. The van der Waals surface area contributed by atoms with E-state index in [4.69, 9.17) is 10.8 Å². The number of carboxylic acids is 1. The molecule has 0 aliphatic carbocycles. The Morgan fingerprint density at radius 1 is 1.50 bits per heavy atom. The van der Waals surface area contributed by atoms with Gasteiger partial charge in [-0.1, -0.05) is 0 Å². The number of pyridine rings is 1. The molecule has 0 saturated carbocycles. The summed E-state index contributed by atoms with van der Waals surface area (Å²) in [5, 5.41) is 8.56. The second-order valence-corrected chi connectivity index (χ2v) is 3.30.